The summed E-state index contributed by atoms with van der Waals surface area (Å²) in [4.78, 5) is 17.1. The Morgan fingerprint density at radius 1 is 0.964 bits per heavy atom. The number of nitrogens with zero attached hydrogens (tertiary/aromatic N) is 4. The molecule has 1 saturated heterocycles. The molecule has 28 heavy (non-hydrogen) atoms. The molecule has 1 aliphatic heterocycles. The first kappa shape index (κ1) is 19.2. The lowest BCUT2D eigenvalue weighted by Gasteiger charge is -2.14. The fraction of sp³-hybridized carbons (Fsp3) is 0.211. The molecule has 1 N–H and O–H groups in total. The molecule has 0 saturated carbocycles. The number of carbonyl (C=O) groups excluding carboxylic acids is 1. The van der Waals surface area contributed by atoms with Gasteiger partial charge in [0.15, 0.2) is 5.82 Å². The van der Waals surface area contributed by atoms with E-state index in [1.807, 2.05) is 5.01 Å². The Bertz CT molecular complexity index is 1010. The molecule has 1 aromatic heterocycles. The van der Waals surface area contributed by atoms with Crippen molar-refractivity contribution in [2.45, 2.75) is 12.8 Å². The summed E-state index contributed by atoms with van der Waals surface area (Å²) in [7, 11) is 0. The summed E-state index contributed by atoms with van der Waals surface area (Å²) in [5.74, 6) is 0.138. The van der Waals surface area contributed by atoms with E-state index in [1.165, 1.54) is 0 Å². The van der Waals surface area contributed by atoms with Gasteiger partial charge in [0, 0.05) is 28.7 Å². The van der Waals surface area contributed by atoms with Crippen LogP contribution in [0.2, 0.25) is 15.1 Å². The summed E-state index contributed by atoms with van der Waals surface area (Å²) in [6.45, 7) is 1.64. The van der Waals surface area contributed by atoms with E-state index in [0.29, 0.717) is 32.1 Å². The first-order valence-electron chi connectivity index (χ1n) is 8.75. The van der Waals surface area contributed by atoms with E-state index in [0.717, 1.165) is 25.9 Å². The predicted octanol–water partition coefficient (Wildman–Crippen LogP) is 4.64. The first-order chi connectivity index (χ1) is 13.5. The minimum Gasteiger partial charge on any atom is -0.282 e. The zero-order valence-corrected chi connectivity index (χ0v) is 17.0. The second kappa shape index (κ2) is 8.09. The SMILES string of the molecule is O=C(NN1CCCC1)c1nc(-c2ccc(Cl)cc2Cl)n(-c2ccc(Cl)cc2)n1. The van der Waals surface area contributed by atoms with Crippen molar-refractivity contribution in [2.24, 2.45) is 0 Å². The zero-order chi connectivity index (χ0) is 19.7. The van der Waals surface area contributed by atoms with Crippen LogP contribution in [0.15, 0.2) is 42.5 Å². The number of aromatic nitrogens is 3. The van der Waals surface area contributed by atoms with Crippen LogP contribution in [0, 0.1) is 0 Å². The fourth-order valence-electron chi connectivity index (χ4n) is 3.04. The minimum atomic E-state index is -0.360. The number of amides is 1. The van der Waals surface area contributed by atoms with E-state index in [9.17, 15) is 4.79 Å². The fourth-order valence-corrected chi connectivity index (χ4v) is 3.66. The summed E-state index contributed by atoms with van der Waals surface area (Å²) in [6.07, 6.45) is 2.11. The van der Waals surface area contributed by atoms with Crippen LogP contribution in [0.25, 0.3) is 17.1 Å². The largest absolute Gasteiger partial charge is 0.305 e. The molecule has 6 nitrogen and oxygen atoms in total. The molecule has 0 spiro atoms. The number of rotatable bonds is 4. The van der Waals surface area contributed by atoms with E-state index in [4.69, 9.17) is 34.8 Å². The number of hydrazine groups is 1. The highest BCUT2D eigenvalue weighted by Crippen LogP contribution is 2.31. The van der Waals surface area contributed by atoms with Crippen molar-refractivity contribution in [2.75, 3.05) is 13.1 Å². The third-order valence-corrected chi connectivity index (χ3v) is 5.22. The number of hydrogen-bond acceptors (Lipinski definition) is 4. The van der Waals surface area contributed by atoms with Crippen LogP contribution in [0.5, 0.6) is 0 Å². The van der Waals surface area contributed by atoms with Crippen LogP contribution in [0.1, 0.15) is 23.5 Å². The number of nitrogens with one attached hydrogen (secondary N) is 1. The smallest absolute Gasteiger partial charge is 0.282 e. The molecular formula is C19H16Cl3N5O. The standard InChI is InChI=1S/C19H16Cl3N5O/c20-12-3-6-14(7-4-12)27-18(15-8-5-13(21)11-16(15)22)23-17(24-27)19(28)25-26-9-1-2-10-26/h3-8,11H,1-2,9-10H2,(H,25,28). The first-order valence-corrected chi connectivity index (χ1v) is 9.89. The maximum Gasteiger partial charge on any atom is 0.305 e. The molecule has 3 aromatic rings. The molecule has 1 fully saturated rings. The Kier molecular flexibility index (Phi) is 5.55. The lowest BCUT2D eigenvalue weighted by Crippen LogP contribution is -2.40. The monoisotopic (exact) mass is 435 g/mol. The third kappa shape index (κ3) is 4.00. The third-order valence-electron chi connectivity index (χ3n) is 4.42. The molecule has 0 aliphatic carbocycles. The molecule has 4 rings (SSSR count). The lowest BCUT2D eigenvalue weighted by atomic mass is 10.2. The maximum absolute atomic E-state index is 12.7. The molecular weight excluding hydrogens is 421 g/mol. The van der Waals surface area contributed by atoms with Gasteiger partial charge in [-0.2, -0.15) is 0 Å². The van der Waals surface area contributed by atoms with E-state index in [1.54, 1.807) is 47.1 Å². The van der Waals surface area contributed by atoms with Crippen LogP contribution in [0.4, 0.5) is 0 Å². The zero-order valence-electron chi connectivity index (χ0n) is 14.7. The van der Waals surface area contributed by atoms with Crippen molar-refractivity contribution >= 4 is 40.7 Å². The molecule has 144 valence electrons. The van der Waals surface area contributed by atoms with Gasteiger partial charge >= 0.3 is 5.91 Å². The van der Waals surface area contributed by atoms with E-state index in [2.05, 4.69) is 15.5 Å². The van der Waals surface area contributed by atoms with Crippen molar-refractivity contribution in [1.29, 1.82) is 0 Å². The van der Waals surface area contributed by atoms with Gasteiger partial charge in [-0.1, -0.05) is 34.8 Å². The van der Waals surface area contributed by atoms with Gasteiger partial charge in [0.2, 0.25) is 5.82 Å². The van der Waals surface area contributed by atoms with Crippen LogP contribution in [0.3, 0.4) is 0 Å². The second-order valence-corrected chi connectivity index (χ2v) is 7.69. The van der Waals surface area contributed by atoms with E-state index in [-0.39, 0.29) is 11.7 Å². The van der Waals surface area contributed by atoms with Crippen LogP contribution in [-0.4, -0.2) is 38.8 Å². The highest BCUT2D eigenvalue weighted by atomic mass is 35.5. The molecule has 1 amide bonds. The Morgan fingerprint density at radius 2 is 1.64 bits per heavy atom. The Balaban J connectivity index is 1.77. The van der Waals surface area contributed by atoms with Gasteiger partial charge in [-0.25, -0.2) is 14.7 Å². The Hall–Kier alpha value is -2.12. The van der Waals surface area contributed by atoms with Crippen LogP contribution < -0.4 is 5.43 Å². The lowest BCUT2D eigenvalue weighted by molar-refractivity contribution is 0.0814. The van der Waals surface area contributed by atoms with Crippen molar-refractivity contribution in [3.05, 3.63) is 63.4 Å². The number of benzene rings is 2. The maximum atomic E-state index is 12.7. The summed E-state index contributed by atoms with van der Waals surface area (Å²) < 4.78 is 1.57. The molecule has 2 aromatic carbocycles. The van der Waals surface area contributed by atoms with Gasteiger partial charge in [-0.15, -0.1) is 5.10 Å². The Labute approximate surface area is 177 Å². The van der Waals surface area contributed by atoms with Gasteiger partial charge < -0.3 is 0 Å². The van der Waals surface area contributed by atoms with Gasteiger partial charge in [-0.05, 0) is 55.3 Å². The summed E-state index contributed by atoms with van der Waals surface area (Å²) in [5, 5.41) is 7.83. The molecule has 0 bridgehead atoms. The normalized spacial score (nSPS) is 14.4. The molecule has 0 unspecified atom stereocenters. The Morgan fingerprint density at radius 3 is 2.32 bits per heavy atom. The second-order valence-electron chi connectivity index (χ2n) is 6.41. The quantitative estimate of drug-likeness (QED) is 0.647. The number of carbonyl (C=O) groups is 1. The molecule has 9 heteroatoms. The van der Waals surface area contributed by atoms with Crippen LogP contribution >= 0.6 is 34.8 Å². The van der Waals surface area contributed by atoms with Gasteiger partial charge in [-0.3, -0.25) is 10.2 Å². The molecule has 0 atom stereocenters. The van der Waals surface area contributed by atoms with Crippen LogP contribution in [-0.2, 0) is 0 Å². The van der Waals surface area contributed by atoms with Crippen molar-refractivity contribution in [3.8, 4) is 17.1 Å². The minimum absolute atomic E-state index is 0.0582. The van der Waals surface area contributed by atoms with Gasteiger partial charge in [0.25, 0.3) is 0 Å². The topological polar surface area (TPSA) is 63.1 Å². The number of hydrogen-bond donors (Lipinski definition) is 1. The highest BCUT2D eigenvalue weighted by Gasteiger charge is 2.23. The predicted molar refractivity (Wildman–Crippen MR) is 110 cm³/mol. The van der Waals surface area contributed by atoms with Crippen molar-refractivity contribution in [1.82, 2.24) is 25.2 Å². The number of halogens is 3. The molecule has 0 radical (unpaired) electrons. The average Bonchev–Trinajstić information content (AvgIpc) is 3.32. The van der Waals surface area contributed by atoms with Gasteiger partial charge in [0.05, 0.1) is 10.7 Å². The summed E-state index contributed by atoms with van der Waals surface area (Å²) >= 11 is 18.4. The van der Waals surface area contributed by atoms with E-state index < -0.39 is 0 Å². The van der Waals surface area contributed by atoms with Gasteiger partial charge in [0.1, 0.15) is 0 Å². The molecule has 2 heterocycles. The molecule has 1 aliphatic rings. The van der Waals surface area contributed by atoms with Crippen molar-refractivity contribution < 1.29 is 4.79 Å². The summed E-state index contributed by atoms with van der Waals surface area (Å²) in [6, 6.07) is 12.2. The van der Waals surface area contributed by atoms with Crippen molar-refractivity contribution in [3.63, 3.8) is 0 Å². The summed E-state index contributed by atoms with van der Waals surface area (Å²) in [5.41, 5.74) is 4.18. The van der Waals surface area contributed by atoms with E-state index >= 15 is 0 Å². The average molecular weight is 437 g/mol. The highest BCUT2D eigenvalue weighted by molar-refractivity contribution is 6.36.